The minimum absolute atomic E-state index is 0.159. The summed E-state index contributed by atoms with van der Waals surface area (Å²) in [6, 6.07) is 12.4. The maximum absolute atomic E-state index is 12.5. The van der Waals surface area contributed by atoms with E-state index in [1.165, 1.54) is 5.01 Å². The van der Waals surface area contributed by atoms with Crippen LogP contribution in [0.3, 0.4) is 0 Å². The number of halogens is 1. The van der Waals surface area contributed by atoms with Gasteiger partial charge in [0, 0.05) is 28.9 Å². The molecule has 0 aromatic heterocycles. The van der Waals surface area contributed by atoms with E-state index in [1.54, 1.807) is 19.2 Å². The molecular weight excluding hydrogens is 416 g/mol. The first-order valence-electron chi connectivity index (χ1n) is 10.1. The van der Waals surface area contributed by atoms with Crippen LogP contribution in [0.1, 0.15) is 44.4 Å². The Morgan fingerprint density at radius 1 is 1.16 bits per heavy atom. The molecule has 7 nitrogen and oxygen atoms in total. The number of carbonyl (C=O) groups excluding carboxylic acids is 2. The van der Waals surface area contributed by atoms with E-state index >= 15 is 0 Å². The van der Waals surface area contributed by atoms with Crippen molar-refractivity contribution in [3.63, 3.8) is 0 Å². The smallest absolute Gasteiger partial charge is 0.412 e. The van der Waals surface area contributed by atoms with E-state index in [-0.39, 0.29) is 12.1 Å². The van der Waals surface area contributed by atoms with Crippen molar-refractivity contribution in [1.29, 1.82) is 0 Å². The highest BCUT2D eigenvalue weighted by atomic mass is 35.5. The number of amides is 3. The van der Waals surface area contributed by atoms with E-state index < -0.39 is 11.7 Å². The first kappa shape index (κ1) is 22.6. The van der Waals surface area contributed by atoms with Gasteiger partial charge in [0.15, 0.2) is 0 Å². The number of hydrogen-bond donors (Lipinski definition) is 2. The van der Waals surface area contributed by atoms with Crippen molar-refractivity contribution in [2.24, 2.45) is 5.10 Å². The molecule has 0 saturated carbocycles. The Kier molecular flexibility index (Phi) is 6.55. The maximum atomic E-state index is 12.5. The van der Waals surface area contributed by atoms with Crippen LogP contribution in [0, 0.1) is 0 Å². The van der Waals surface area contributed by atoms with Gasteiger partial charge in [-0.3, -0.25) is 5.32 Å². The monoisotopic (exact) mass is 442 g/mol. The molecule has 0 radical (unpaired) electrons. The average molecular weight is 443 g/mol. The number of carbonyl (C=O) groups is 2. The van der Waals surface area contributed by atoms with Gasteiger partial charge >= 0.3 is 12.1 Å². The number of ether oxygens (including phenoxy) is 1. The summed E-state index contributed by atoms with van der Waals surface area (Å²) in [5.41, 5.74) is 3.25. The van der Waals surface area contributed by atoms with Crippen molar-refractivity contribution >= 4 is 35.1 Å². The van der Waals surface area contributed by atoms with E-state index in [0.29, 0.717) is 22.8 Å². The van der Waals surface area contributed by atoms with Gasteiger partial charge in [0.05, 0.1) is 11.8 Å². The first-order chi connectivity index (χ1) is 14.6. The summed E-state index contributed by atoms with van der Waals surface area (Å²) < 4.78 is 5.36. The van der Waals surface area contributed by atoms with Crippen molar-refractivity contribution in [3.8, 4) is 0 Å². The quantitative estimate of drug-likeness (QED) is 0.684. The maximum Gasteiger partial charge on any atom is 0.412 e. The van der Waals surface area contributed by atoms with Crippen LogP contribution in [-0.2, 0) is 11.2 Å². The molecule has 0 spiro atoms. The van der Waals surface area contributed by atoms with Crippen molar-refractivity contribution in [2.45, 2.75) is 45.8 Å². The summed E-state index contributed by atoms with van der Waals surface area (Å²) in [5.74, 6) is 0. The molecule has 0 aliphatic carbocycles. The van der Waals surface area contributed by atoms with E-state index in [9.17, 15) is 9.59 Å². The van der Waals surface area contributed by atoms with Gasteiger partial charge in [0.2, 0.25) is 0 Å². The predicted molar refractivity (Wildman–Crippen MR) is 123 cm³/mol. The number of anilines is 1. The lowest BCUT2D eigenvalue weighted by Crippen LogP contribution is -2.41. The summed E-state index contributed by atoms with van der Waals surface area (Å²) in [7, 11) is 1.58. The molecule has 0 bridgehead atoms. The lowest BCUT2D eigenvalue weighted by molar-refractivity contribution is 0.0636. The lowest BCUT2D eigenvalue weighted by Gasteiger charge is -2.22. The molecule has 3 amide bonds. The topological polar surface area (TPSA) is 83.0 Å². The highest BCUT2D eigenvalue weighted by Crippen LogP contribution is 2.27. The Bertz CT molecular complexity index is 1010. The van der Waals surface area contributed by atoms with E-state index in [1.807, 2.05) is 58.0 Å². The molecule has 2 N–H and O–H groups in total. The Morgan fingerprint density at radius 2 is 1.84 bits per heavy atom. The van der Waals surface area contributed by atoms with Gasteiger partial charge in [-0.15, -0.1) is 0 Å². The number of urea groups is 1. The van der Waals surface area contributed by atoms with E-state index in [4.69, 9.17) is 21.4 Å². The van der Waals surface area contributed by atoms with Crippen LogP contribution >= 0.6 is 11.6 Å². The minimum Gasteiger partial charge on any atom is -0.444 e. The summed E-state index contributed by atoms with van der Waals surface area (Å²) in [6.45, 7) is 7.37. The SMILES string of the molecule is CNC(=O)N1N=C(c2ccc(Cl)cc2)c2cc(NC(=O)OC(C)(C)C)ccc2CC1C. The number of benzene rings is 2. The van der Waals surface area contributed by atoms with Crippen molar-refractivity contribution < 1.29 is 14.3 Å². The zero-order valence-corrected chi connectivity index (χ0v) is 19.1. The summed E-state index contributed by atoms with van der Waals surface area (Å²) >= 11 is 6.07. The lowest BCUT2D eigenvalue weighted by atomic mass is 9.94. The van der Waals surface area contributed by atoms with Crippen LogP contribution in [-0.4, -0.2) is 41.5 Å². The van der Waals surface area contributed by atoms with Gasteiger partial charge in [-0.1, -0.05) is 29.8 Å². The van der Waals surface area contributed by atoms with Crippen LogP contribution in [0.25, 0.3) is 0 Å². The second-order valence-corrected chi connectivity index (χ2v) is 8.84. The second-order valence-electron chi connectivity index (χ2n) is 8.41. The Labute approximate surface area is 187 Å². The summed E-state index contributed by atoms with van der Waals surface area (Å²) in [6.07, 6.45) is 0.0715. The largest absolute Gasteiger partial charge is 0.444 e. The highest BCUT2D eigenvalue weighted by Gasteiger charge is 2.27. The molecule has 31 heavy (non-hydrogen) atoms. The Balaban J connectivity index is 2.07. The third kappa shape index (κ3) is 5.55. The molecule has 1 unspecified atom stereocenters. The summed E-state index contributed by atoms with van der Waals surface area (Å²) in [5, 5.41) is 12.2. The molecule has 0 saturated heterocycles. The third-order valence-electron chi connectivity index (χ3n) is 4.69. The fourth-order valence-electron chi connectivity index (χ4n) is 3.32. The number of hydrazone groups is 1. The third-order valence-corrected chi connectivity index (χ3v) is 4.94. The second kappa shape index (κ2) is 8.98. The van der Waals surface area contributed by atoms with Gasteiger partial charge in [0.25, 0.3) is 0 Å². The molecule has 2 aromatic rings. The molecular formula is C23H27ClN4O3. The Hall–Kier alpha value is -3.06. The van der Waals surface area contributed by atoms with Crippen molar-refractivity contribution in [1.82, 2.24) is 10.3 Å². The number of hydrogen-bond acceptors (Lipinski definition) is 4. The molecule has 8 heteroatoms. The van der Waals surface area contributed by atoms with Crippen molar-refractivity contribution in [3.05, 3.63) is 64.2 Å². The van der Waals surface area contributed by atoms with E-state index in [2.05, 4.69) is 10.6 Å². The average Bonchev–Trinajstić information content (AvgIpc) is 2.82. The number of nitrogens with one attached hydrogen (secondary N) is 2. The van der Waals surface area contributed by atoms with Gasteiger partial charge in [0.1, 0.15) is 5.60 Å². The van der Waals surface area contributed by atoms with Crippen molar-refractivity contribution in [2.75, 3.05) is 12.4 Å². The number of fused-ring (bicyclic) bond motifs is 1. The van der Waals surface area contributed by atoms with Gasteiger partial charge in [-0.2, -0.15) is 5.10 Å². The number of rotatable bonds is 2. The highest BCUT2D eigenvalue weighted by molar-refractivity contribution is 6.30. The molecule has 1 aliphatic rings. The standard InChI is InChI=1S/C23H27ClN4O3/c1-14-12-16-8-11-18(26-22(30)31-23(2,3)4)13-19(16)20(27-28(14)21(29)25-5)15-6-9-17(24)10-7-15/h6-11,13-14H,12H2,1-5H3,(H,25,29)(H,26,30). The van der Waals surface area contributed by atoms with Crippen LogP contribution in [0.2, 0.25) is 5.02 Å². The van der Waals surface area contributed by atoms with Gasteiger partial charge in [-0.05, 0) is 63.9 Å². The molecule has 1 aliphatic heterocycles. The van der Waals surface area contributed by atoms with Gasteiger partial charge in [-0.25, -0.2) is 14.6 Å². The summed E-state index contributed by atoms with van der Waals surface area (Å²) in [4.78, 5) is 24.7. The molecule has 1 heterocycles. The Morgan fingerprint density at radius 3 is 2.45 bits per heavy atom. The molecule has 2 aromatic carbocycles. The fourth-order valence-corrected chi connectivity index (χ4v) is 3.45. The fraction of sp³-hybridized carbons (Fsp3) is 0.348. The molecule has 3 rings (SSSR count). The van der Waals surface area contributed by atoms with Crippen LogP contribution in [0.4, 0.5) is 15.3 Å². The molecule has 0 fully saturated rings. The van der Waals surface area contributed by atoms with Crippen LogP contribution in [0.15, 0.2) is 47.6 Å². The predicted octanol–water partition coefficient (Wildman–Crippen LogP) is 5.03. The normalized spacial score (nSPS) is 16.0. The zero-order chi connectivity index (χ0) is 22.8. The molecule has 164 valence electrons. The van der Waals surface area contributed by atoms with E-state index in [0.717, 1.165) is 16.7 Å². The first-order valence-corrected chi connectivity index (χ1v) is 10.4. The minimum atomic E-state index is -0.602. The molecule has 1 atom stereocenters. The van der Waals surface area contributed by atoms with Gasteiger partial charge < -0.3 is 10.1 Å². The van der Waals surface area contributed by atoms with Crippen LogP contribution < -0.4 is 10.6 Å². The number of nitrogens with zero attached hydrogens (tertiary/aromatic N) is 2. The zero-order valence-electron chi connectivity index (χ0n) is 18.3. The van der Waals surface area contributed by atoms with Crippen LogP contribution in [0.5, 0.6) is 0 Å².